The first-order chi connectivity index (χ1) is 7.58. The van der Waals surface area contributed by atoms with Crippen molar-refractivity contribution in [2.45, 2.75) is 39.0 Å². The van der Waals surface area contributed by atoms with E-state index in [0.717, 1.165) is 25.7 Å². The average Bonchev–Trinajstić information content (AvgIpc) is 2.42. The van der Waals surface area contributed by atoms with E-state index < -0.39 is 5.41 Å². The molecule has 90 valence electrons. The molecule has 0 saturated heterocycles. The fraction of sp³-hybridized carbons (Fsp3) is 0.750. The van der Waals surface area contributed by atoms with Crippen molar-refractivity contribution in [3.8, 4) is 0 Å². The summed E-state index contributed by atoms with van der Waals surface area (Å²) in [7, 11) is 1.33. The third-order valence-corrected chi connectivity index (χ3v) is 3.06. The molecule has 0 aromatic rings. The molecule has 0 heterocycles. The lowest BCUT2D eigenvalue weighted by molar-refractivity contribution is -0.138. The monoisotopic (exact) mass is 225 g/mol. The van der Waals surface area contributed by atoms with Crippen LogP contribution in [-0.2, 0) is 14.3 Å². The van der Waals surface area contributed by atoms with Gasteiger partial charge in [0.05, 0.1) is 12.5 Å². The number of nitrogens with zero attached hydrogens (tertiary/aromatic N) is 1. The summed E-state index contributed by atoms with van der Waals surface area (Å²) >= 11 is 0. The standard InChI is InChI=1S/C12H19NO3/c1-12(9-13-8-11(15)16-2)7-5-3-4-6-10(12)14/h9H,3-8H2,1-2H3. The number of rotatable bonds is 3. The van der Waals surface area contributed by atoms with Crippen molar-refractivity contribution in [1.82, 2.24) is 0 Å². The van der Waals surface area contributed by atoms with Gasteiger partial charge < -0.3 is 4.74 Å². The van der Waals surface area contributed by atoms with E-state index in [-0.39, 0.29) is 18.3 Å². The number of hydrogen-bond donors (Lipinski definition) is 0. The van der Waals surface area contributed by atoms with E-state index in [1.54, 1.807) is 6.21 Å². The van der Waals surface area contributed by atoms with E-state index in [9.17, 15) is 9.59 Å². The Morgan fingerprint density at radius 2 is 2.25 bits per heavy atom. The number of hydrogen-bond acceptors (Lipinski definition) is 4. The molecule has 1 rings (SSSR count). The van der Waals surface area contributed by atoms with E-state index >= 15 is 0 Å². The minimum Gasteiger partial charge on any atom is -0.468 e. The van der Waals surface area contributed by atoms with E-state index in [4.69, 9.17) is 0 Å². The second-order valence-corrected chi connectivity index (χ2v) is 4.45. The normalized spacial score (nSPS) is 26.8. The van der Waals surface area contributed by atoms with Gasteiger partial charge in [0, 0.05) is 12.6 Å². The number of aliphatic imine (C=N–C) groups is 1. The predicted octanol–water partition coefficient (Wildman–Crippen LogP) is 1.77. The molecule has 1 saturated carbocycles. The summed E-state index contributed by atoms with van der Waals surface area (Å²) in [6.07, 6.45) is 6.22. The number of esters is 1. The Morgan fingerprint density at radius 3 is 2.94 bits per heavy atom. The van der Waals surface area contributed by atoms with Crippen LogP contribution in [0.4, 0.5) is 0 Å². The molecular weight excluding hydrogens is 206 g/mol. The number of carbonyl (C=O) groups is 2. The lowest BCUT2D eigenvalue weighted by Gasteiger charge is -2.20. The van der Waals surface area contributed by atoms with Crippen molar-refractivity contribution in [2.24, 2.45) is 10.4 Å². The van der Waals surface area contributed by atoms with Crippen LogP contribution in [0.3, 0.4) is 0 Å². The van der Waals surface area contributed by atoms with Gasteiger partial charge in [-0.2, -0.15) is 0 Å². The summed E-state index contributed by atoms with van der Waals surface area (Å²) in [5.41, 5.74) is -0.482. The van der Waals surface area contributed by atoms with Gasteiger partial charge in [-0.25, -0.2) is 0 Å². The molecule has 0 aromatic heterocycles. The number of Topliss-reactive ketones (excluding diaryl/α,β-unsaturated/α-hetero) is 1. The van der Waals surface area contributed by atoms with Crippen LogP contribution >= 0.6 is 0 Å². The molecule has 1 atom stereocenters. The van der Waals surface area contributed by atoms with Gasteiger partial charge in [0.1, 0.15) is 12.3 Å². The van der Waals surface area contributed by atoms with Gasteiger partial charge in [0.15, 0.2) is 0 Å². The zero-order chi connectivity index (χ0) is 12.0. The smallest absolute Gasteiger partial charge is 0.327 e. The zero-order valence-corrected chi connectivity index (χ0v) is 9.99. The fourth-order valence-electron chi connectivity index (χ4n) is 1.90. The van der Waals surface area contributed by atoms with Crippen LogP contribution in [0.25, 0.3) is 0 Å². The highest BCUT2D eigenvalue weighted by Gasteiger charge is 2.31. The molecule has 0 N–H and O–H groups in total. The first-order valence-corrected chi connectivity index (χ1v) is 5.69. The van der Waals surface area contributed by atoms with Gasteiger partial charge in [-0.05, 0) is 19.8 Å². The fourth-order valence-corrected chi connectivity index (χ4v) is 1.90. The number of ether oxygens (including phenoxy) is 1. The highest BCUT2D eigenvalue weighted by atomic mass is 16.5. The van der Waals surface area contributed by atoms with Crippen molar-refractivity contribution >= 4 is 18.0 Å². The van der Waals surface area contributed by atoms with Gasteiger partial charge in [0.25, 0.3) is 0 Å². The van der Waals surface area contributed by atoms with Crippen molar-refractivity contribution in [1.29, 1.82) is 0 Å². The molecule has 0 radical (unpaired) electrons. The Balaban J connectivity index is 2.60. The summed E-state index contributed by atoms with van der Waals surface area (Å²) in [4.78, 5) is 26.8. The quantitative estimate of drug-likeness (QED) is 0.418. The molecule has 1 aliphatic rings. The van der Waals surface area contributed by atoms with Crippen molar-refractivity contribution < 1.29 is 14.3 Å². The van der Waals surface area contributed by atoms with Gasteiger partial charge in [-0.15, -0.1) is 0 Å². The van der Waals surface area contributed by atoms with E-state index in [1.165, 1.54) is 7.11 Å². The predicted molar refractivity (Wildman–Crippen MR) is 61.6 cm³/mol. The Kier molecular flexibility index (Phi) is 4.65. The number of ketones is 1. The Morgan fingerprint density at radius 1 is 1.50 bits per heavy atom. The highest BCUT2D eigenvalue weighted by molar-refractivity contribution is 5.99. The molecular formula is C12H19NO3. The largest absolute Gasteiger partial charge is 0.468 e. The van der Waals surface area contributed by atoms with Gasteiger partial charge >= 0.3 is 5.97 Å². The topological polar surface area (TPSA) is 55.7 Å². The summed E-state index contributed by atoms with van der Waals surface area (Å²) in [6.45, 7) is 1.90. The molecule has 1 aliphatic carbocycles. The summed E-state index contributed by atoms with van der Waals surface area (Å²) in [6, 6.07) is 0. The summed E-state index contributed by atoms with van der Waals surface area (Å²) in [5, 5.41) is 0. The second-order valence-electron chi connectivity index (χ2n) is 4.45. The highest BCUT2D eigenvalue weighted by Crippen LogP contribution is 2.29. The molecule has 1 fully saturated rings. The molecule has 1 unspecified atom stereocenters. The van der Waals surface area contributed by atoms with E-state index in [1.807, 2.05) is 6.92 Å². The van der Waals surface area contributed by atoms with Crippen LogP contribution in [0.1, 0.15) is 39.0 Å². The summed E-state index contributed by atoms with van der Waals surface area (Å²) < 4.78 is 4.49. The van der Waals surface area contributed by atoms with E-state index in [2.05, 4.69) is 9.73 Å². The molecule has 4 nitrogen and oxygen atoms in total. The van der Waals surface area contributed by atoms with Crippen LogP contribution in [0.5, 0.6) is 0 Å². The minimum atomic E-state index is -0.482. The first kappa shape index (κ1) is 12.9. The van der Waals surface area contributed by atoms with Crippen molar-refractivity contribution in [3.05, 3.63) is 0 Å². The average molecular weight is 225 g/mol. The van der Waals surface area contributed by atoms with Gasteiger partial charge in [0.2, 0.25) is 0 Å². The Hall–Kier alpha value is -1.19. The van der Waals surface area contributed by atoms with Crippen LogP contribution < -0.4 is 0 Å². The third-order valence-electron chi connectivity index (χ3n) is 3.06. The zero-order valence-electron chi connectivity index (χ0n) is 9.99. The molecule has 0 aliphatic heterocycles. The van der Waals surface area contributed by atoms with Gasteiger partial charge in [-0.3, -0.25) is 14.6 Å². The maximum atomic E-state index is 11.9. The van der Waals surface area contributed by atoms with Crippen LogP contribution in [-0.4, -0.2) is 31.6 Å². The molecule has 0 spiro atoms. The molecule has 0 aromatic carbocycles. The van der Waals surface area contributed by atoms with Gasteiger partial charge in [-0.1, -0.05) is 12.8 Å². The number of methoxy groups -OCH3 is 1. The lowest BCUT2D eigenvalue weighted by atomic mass is 9.83. The summed E-state index contributed by atoms with van der Waals surface area (Å²) in [5.74, 6) is -0.139. The van der Waals surface area contributed by atoms with Crippen LogP contribution in [0.2, 0.25) is 0 Å². The van der Waals surface area contributed by atoms with E-state index in [0.29, 0.717) is 6.42 Å². The van der Waals surface area contributed by atoms with Crippen molar-refractivity contribution in [3.63, 3.8) is 0 Å². The van der Waals surface area contributed by atoms with Crippen LogP contribution in [0.15, 0.2) is 4.99 Å². The maximum absolute atomic E-state index is 11.9. The lowest BCUT2D eigenvalue weighted by Crippen LogP contribution is -2.28. The van der Waals surface area contributed by atoms with Crippen molar-refractivity contribution in [2.75, 3.05) is 13.7 Å². The van der Waals surface area contributed by atoms with Crippen LogP contribution in [0, 0.1) is 5.41 Å². The number of carbonyl (C=O) groups excluding carboxylic acids is 2. The molecule has 16 heavy (non-hydrogen) atoms. The Labute approximate surface area is 96.1 Å². The molecule has 4 heteroatoms. The Bertz CT molecular complexity index is 299. The minimum absolute atomic E-state index is 0.000625. The second kappa shape index (κ2) is 5.77. The maximum Gasteiger partial charge on any atom is 0.327 e. The SMILES string of the molecule is COC(=O)CN=CC1(C)CCCCCC1=O. The molecule has 0 bridgehead atoms. The first-order valence-electron chi connectivity index (χ1n) is 5.69. The third kappa shape index (κ3) is 3.43. The molecule has 0 amide bonds.